The first kappa shape index (κ1) is 18.5. The van der Waals surface area contributed by atoms with Gasteiger partial charge in [0, 0.05) is 30.6 Å². The molecule has 26 heavy (non-hydrogen) atoms. The molecule has 1 aromatic carbocycles. The van der Waals surface area contributed by atoms with Gasteiger partial charge in [0.25, 0.3) is 0 Å². The summed E-state index contributed by atoms with van der Waals surface area (Å²) in [4.78, 5) is 4.83. The predicted octanol–water partition coefficient (Wildman–Crippen LogP) is 3.51. The molecule has 1 heterocycles. The standard InChI is InChI=1S/C21H30N4O/c1-5-22-21(23-13-14(2)20-15(3)25-26-16(20)4)24-19-11-10-17-8-6-7-9-18(17)12-19/h6-9,14,19H,5,10-13H2,1-4H3,(H2,22,23,24). The topological polar surface area (TPSA) is 62.5 Å². The molecule has 2 unspecified atom stereocenters. The number of hydrogen-bond donors (Lipinski definition) is 2. The van der Waals surface area contributed by atoms with Gasteiger partial charge in [-0.25, -0.2) is 0 Å². The van der Waals surface area contributed by atoms with E-state index in [0.717, 1.165) is 43.2 Å². The Morgan fingerprint density at radius 3 is 2.77 bits per heavy atom. The molecule has 2 N–H and O–H groups in total. The van der Waals surface area contributed by atoms with Crippen LogP contribution in [0.25, 0.3) is 0 Å². The number of aliphatic imine (C=N–C) groups is 1. The van der Waals surface area contributed by atoms with Crippen molar-refractivity contribution in [1.82, 2.24) is 15.8 Å². The maximum Gasteiger partial charge on any atom is 0.191 e. The first-order chi connectivity index (χ1) is 12.6. The van der Waals surface area contributed by atoms with Crippen LogP contribution in [0.4, 0.5) is 0 Å². The molecule has 0 amide bonds. The second kappa shape index (κ2) is 8.39. The predicted molar refractivity (Wildman–Crippen MR) is 106 cm³/mol. The normalized spacial score (nSPS) is 18.3. The van der Waals surface area contributed by atoms with Crippen LogP contribution in [-0.2, 0) is 12.8 Å². The summed E-state index contributed by atoms with van der Waals surface area (Å²) in [6.45, 7) is 9.81. The molecule has 2 aromatic rings. The van der Waals surface area contributed by atoms with Gasteiger partial charge in [-0.2, -0.15) is 0 Å². The van der Waals surface area contributed by atoms with E-state index < -0.39 is 0 Å². The van der Waals surface area contributed by atoms with Crippen molar-refractivity contribution >= 4 is 5.96 Å². The average molecular weight is 354 g/mol. The van der Waals surface area contributed by atoms with E-state index in [-0.39, 0.29) is 5.92 Å². The first-order valence-electron chi connectivity index (χ1n) is 9.62. The van der Waals surface area contributed by atoms with Gasteiger partial charge >= 0.3 is 0 Å². The Bertz CT molecular complexity index is 746. The highest BCUT2D eigenvalue weighted by molar-refractivity contribution is 5.80. The molecule has 1 aromatic heterocycles. The highest BCUT2D eigenvalue weighted by atomic mass is 16.5. The van der Waals surface area contributed by atoms with E-state index in [9.17, 15) is 0 Å². The fourth-order valence-electron chi connectivity index (χ4n) is 3.85. The number of aromatic nitrogens is 1. The van der Waals surface area contributed by atoms with Gasteiger partial charge in [-0.3, -0.25) is 4.99 Å². The number of fused-ring (bicyclic) bond motifs is 1. The summed E-state index contributed by atoms with van der Waals surface area (Å²) >= 11 is 0. The minimum absolute atomic E-state index is 0.281. The van der Waals surface area contributed by atoms with E-state index in [1.807, 2.05) is 13.8 Å². The first-order valence-corrected chi connectivity index (χ1v) is 9.62. The summed E-state index contributed by atoms with van der Waals surface area (Å²) in [5.74, 6) is 2.08. The van der Waals surface area contributed by atoms with Crippen LogP contribution in [0, 0.1) is 13.8 Å². The Balaban J connectivity index is 1.64. The molecule has 3 rings (SSSR count). The van der Waals surface area contributed by atoms with Crippen LogP contribution in [0.2, 0.25) is 0 Å². The van der Waals surface area contributed by atoms with Crippen LogP contribution in [0.15, 0.2) is 33.8 Å². The van der Waals surface area contributed by atoms with Gasteiger partial charge in [0.2, 0.25) is 0 Å². The lowest BCUT2D eigenvalue weighted by Crippen LogP contribution is -2.45. The van der Waals surface area contributed by atoms with Crippen molar-refractivity contribution in [2.75, 3.05) is 13.1 Å². The van der Waals surface area contributed by atoms with E-state index >= 15 is 0 Å². The SMILES string of the molecule is CCNC(=NCC(C)c1c(C)noc1C)NC1CCc2ccccc2C1. The molecule has 0 radical (unpaired) electrons. The molecule has 0 fully saturated rings. The zero-order valence-electron chi connectivity index (χ0n) is 16.3. The average Bonchev–Trinajstić information content (AvgIpc) is 2.98. The van der Waals surface area contributed by atoms with Gasteiger partial charge in [-0.15, -0.1) is 0 Å². The summed E-state index contributed by atoms with van der Waals surface area (Å²) < 4.78 is 5.30. The number of benzene rings is 1. The van der Waals surface area contributed by atoms with E-state index in [4.69, 9.17) is 9.52 Å². The monoisotopic (exact) mass is 354 g/mol. The highest BCUT2D eigenvalue weighted by Gasteiger charge is 2.20. The molecule has 5 nitrogen and oxygen atoms in total. The van der Waals surface area contributed by atoms with E-state index in [1.54, 1.807) is 0 Å². The third-order valence-corrected chi connectivity index (χ3v) is 5.14. The lowest BCUT2D eigenvalue weighted by Gasteiger charge is -2.27. The second-order valence-corrected chi connectivity index (χ2v) is 7.21. The van der Waals surface area contributed by atoms with Crippen LogP contribution in [0.1, 0.15) is 54.3 Å². The van der Waals surface area contributed by atoms with Gasteiger partial charge in [0.05, 0.1) is 5.69 Å². The maximum absolute atomic E-state index is 5.30. The van der Waals surface area contributed by atoms with Crippen molar-refractivity contribution in [2.45, 2.75) is 58.9 Å². The Kier molecular flexibility index (Phi) is 5.96. The third-order valence-electron chi connectivity index (χ3n) is 5.14. The van der Waals surface area contributed by atoms with Crippen molar-refractivity contribution in [1.29, 1.82) is 0 Å². The van der Waals surface area contributed by atoms with E-state index in [2.05, 4.69) is 53.9 Å². The van der Waals surface area contributed by atoms with E-state index in [0.29, 0.717) is 12.6 Å². The number of guanidine groups is 1. The second-order valence-electron chi connectivity index (χ2n) is 7.21. The molecule has 1 aliphatic rings. The summed E-state index contributed by atoms with van der Waals surface area (Å²) in [5.41, 5.74) is 5.08. The van der Waals surface area contributed by atoms with Crippen LogP contribution in [-0.4, -0.2) is 30.2 Å². The van der Waals surface area contributed by atoms with Crippen LogP contribution < -0.4 is 10.6 Å². The number of nitrogens with zero attached hydrogens (tertiary/aromatic N) is 2. The number of nitrogens with one attached hydrogen (secondary N) is 2. The Labute approximate surface area is 156 Å². The van der Waals surface area contributed by atoms with Gasteiger partial charge in [-0.05, 0) is 51.2 Å². The van der Waals surface area contributed by atoms with Crippen molar-refractivity contribution < 1.29 is 4.52 Å². The molecule has 5 heteroatoms. The smallest absolute Gasteiger partial charge is 0.191 e. The molecule has 0 saturated carbocycles. The fraction of sp³-hybridized carbons (Fsp3) is 0.524. The molecule has 0 spiro atoms. The van der Waals surface area contributed by atoms with Crippen molar-refractivity contribution in [3.8, 4) is 0 Å². The van der Waals surface area contributed by atoms with Gasteiger partial charge < -0.3 is 15.2 Å². The Morgan fingerprint density at radius 2 is 2.08 bits per heavy atom. The van der Waals surface area contributed by atoms with Gasteiger partial charge in [0.15, 0.2) is 5.96 Å². The number of hydrogen-bond acceptors (Lipinski definition) is 3. The third kappa shape index (κ3) is 4.26. The molecule has 0 aliphatic heterocycles. The molecule has 1 aliphatic carbocycles. The molecule has 0 saturated heterocycles. The Hall–Kier alpha value is -2.30. The van der Waals surface area contributed by atoms with Crippen LogP contribution in [0.5, 0.6) is 0 Å². The van der Waals surface area contributed by atoms with Crippen molar-refractivity contribution in [2.24, 2.45) is 4.99 Å². The summed E-state index contributed by atoms with van der Waals surface area (Å²) in [5, 5.41) is 11.1. The summed E-state index contributed by atoms with van der Waals surface area (Å²) in [6.07, 6.45) is 3.32. The zero-order valence-corrected chi connectivity index (χ0v) is 16.3. The quantitative estimate of drug-likeness (QED) is 0.637. The van der Waals surface area contributed by atoms with Crippen LogP contribution >= 0.6 is 0 Å². The molecule has 0 bridgehead atoms. The summed E-state index contributed by atoms with van der Waals surface area (Å²) in [6, 6.07) is 9.18. The molecular weight excluding hydrogens is 324 g/mol. The number of rotatable bonds is 5. The Morgan fingerprint density at radius 1 is 1.31 bits per heavy atom. The van der Waals surface area contributed by atoms with Gasteiger partial charge in [0.1, 0.15) is 5.76 Å². The minimum atomic E-state index is 0.281. The van der Waals surface area contributed by atoms with E-state index in [1.165, 1.54) is 16.7 Å². The van der Waals surface area contributed by atoms with Crippen LogP contribution in [0.3, 0.4) is 0 Å². The van der Waals surface area contributed by atoms with Gasteiger partial charge in [-0.1, -0.05) is 36.3 Å². The number of aryl methyl sites for hydroxylation is 3. The lowest BCUT2D eigenvalue weighted by atomic mass is 9.88. The maximum atomic E-state index is 5.30. The molecular formula is C21H30N4O. The lowest BCUT2D eigenvalue weighted by molar-refractivity contribution is 0.391. The minimum Gasteiger partial charge on any atom is -0.361 e. The highest BCUT2D eigenvalue weighted by Crippen LogP contribution is 2.23. The fourth-order valence-corrected chi connectivity index (χ4v) is 3.85. The zero-order chi connectivity index (χ0) is 18.5. The van der Waals surface area contributed by atoms with Crippen molar-refractivity contribution in [3.63, 3.8) is 0 Å². The molecule has 2 atom stereocenters. The van der Waals surface area contributed by atoms with Crippen molar-refractivity contribution in [3.05, 3.63) is 52.4 Å². The molecule has 140 valence electrons. The summed E-state index contributed by atoms with van der Waals surface area (Å²) in [7, 11) is 0. The largest absolute Gasteiger partial charge is 0.361 e.